The third-order valence-electron chi connectivity index (χ3n) is 2.95. The van der Waals surface area contributed by atoms with Crippen LogP contribution in [-0.2, 0) is 0 Å². The van der Waals surface area contributed by atoms with Gasteiger partial charge in [-0.05, 0) is 31.5 Å². The largest absolute Gasteiger partial charge is 0.492 e. The summed E-state index contributed by atoms with van der Waals surface area (Å²) in [6, 6.07) is 9.08. The zero-order chi connectivity index (χ0) is 15.2. The number of rotatable bonds is 5. The van der Waals surface area contributed by atoms with Crippen LogP contribution in [0.5, 0.6) is 5.75 Å². The molecule has 21 heavy (non-hydrogen) atoms. The minimum atomic E-state index is -0.399. The van der Waals surface area contributed by atoms with E-state index in [0.29, 0.717) is 13.2 Å². The molecule has 2 aromatic rings. The molecule has 0 atom stereocenters. The van der Waals surface area contributed by atoms with Crippen molar-refractivity contribution >= 4 is 5.91 Å². The summed E-state index contributed by atoms with van der Waals surface area (Å²) >= 11 is 0. The average molecular weight is 286 g/mol. The smallest absolute Gasteiger partial charge is 0.256 e. The summed E-state index contributed by atoms with van der Waals surface area (Å²) in [7, 11) is 0. The first kappa shape index (κ1) is 14.8. The van der Waals surface area contributed by atoms with Gasteiger partial charge in [0, 0.05) is 18.0 Å². The Labute approximate surface area is 123 Å². The summed E-state index contributed by atoms with van der Waals surface area (Å²) < 4.78 is 5.52. The molecule has 5 heteroatoms. The molecule has 2 N–H and O–H groups in total. The first-order valence-corrected chi connectivity index (χ1v) is 6.73. The van der Waals surface area contributed by atoms with Gasteiger partial charge >= 0.3 is 0 Å². The summed E-state index contributed by atoms with van der Waals surface area (Å²) in [6.07, 6.45) is 1.43. The van der Waals surface area contributed by atoms with E-state index in [0.717, 1.165) is 17.0 Å². The molecule has 0 spiro atoms. The zero-order valence-electron chi connectivity index (χ0n) is 12.1. The van der Waals surface area contributed by atoms with Gasteiger partial charge in [-0.1, -0.05) is 12.1 Å². The molecular formula is C16H18N2O3. The third-order valence-corrected chi connectivity index (χ3v) is 2.95. The summed E-state index contributed by atoms with van der Waals surface area (Å²) in [5, 5.41) is 2.66. The van der Waals surface area contributed by atoms with Crippen molar-refractivity contribution in [2.75, 3.05) is 13.2 Å². The summed E-state index contributed by atoms with van der Waals surface area (Å²) in [5.41, 5.74) is 1.65. The van der Waals surface area contributed by atoms with E-state index in [-0.39, 0.29) is 11.0 Å². The number of amides is 1. The Morgan fingerprint density at radius 1 is 1.29 bits per heavy atom. The van der Waals surface area contributed by atoms with E-state index in [9.17, 15) is 9.59 Å². The summed E-state index contributed by atoms with van der Waals surface area (Å²) in [4.78, 5) is 26.4. The Balaban J connectivity index is 1.83. The van der Waals surface area contributed by atoms with Crippen LogP contribution in [0.1, 0.15) is 21.6 Å². The second-order valence-electron chi connectivity index (χ2n) is 4.81. The normalized spacial score (nSPS) is 10.2. The van der Waals surface area contributed by atoms with Gasteiger partial charge in [0.25, 0.3) is 5.91 Å². The van der Waals surface area contributed by atoms with Gasteiger partial charge in [-0.3, -0.25) is 9.59 Å². The van der Waals surface area contributed by atoms with Crippen LogP contribution in [0.4, 0.5) is 0 Å². The predicted molar refractivity (Wildman–Crippen MR) is 80.8 cm³/mol. The fraction of sp³-hybridized carbons (Fsp3) is 0.250. The maximum Gasteiger partial charge on any atom is 0.256 e. The molecule has 1 heterocycles. The number of nitrogens with one attached hydrogen (secondary N) is 2. The second-order valence-corrected chi connectivity index (χ2v) is 4.81. The van der Waals surface area contributed by atoms with E-state index >= 15 is 0 Å². The molecule has 1 amide bonds. The fourth-order valence-corrected chi connectivity index (χ4v) is 1.88. The van der Waals surface area contributed by atoms with Gasteiger partial charge < -0.3 is 15.0 Å². The third kappa shape index (κ3) is 4.21. The molecule has 1 aromatic heterocycles. The molecule has 0 bridgehead atoms. The quantitative estimate of drug-likeness (QED) is 0.823. The van der Waals surface area contributed by atoms with Crippen LogP contribution in [-0.4, -0.2) is 24.0 Å². The lowest BCUT2D eigenvalue weighted by Crippen LogP contribution is -2.31. The lowest BCUT2D eigenvalue weighted by atomic mass is 10.2. The van der Waals surface area contributed by atoms with Gasteiger partial charge in [-0.15, -0.1) is 0 Å². The molecule has 0 unspecified atom stereocenters. The van der Waals surface area contributed by atoms with Gasteiger partial charge in [0.15, 0.2) is 5.43 Å². The fourth-order valence-electron chi connectivity index (χ4n) is 1.88. The minimum Gasteiger partial charge on any atom is -0.492 e. The lowest BCUT2D eigenvalue weighted by molar-refractivity contribution is 0.0945. The Morgan fingerprint density at radius 2 is 2.10 bits per heavy atom. The number of aromatic amines is 1. The van der Waals surface area contributed by atoms with Crippen molar-refractivity contribution in [2.45, 2.75) is 13.8 Å². The van der Waals surface area contributed by atoms with Crippen molar-refractivity contribution in [2.24, 2.45) is 0 Å². The molecule has 0 saturated heterocycles. The molecule has 0 aliphatic rings. The van der Waals surface area contributed by atoms with Crippen molar-refractivity contribution in [1.29, 1.82) is 0 Å². The molecule has 5 nitrogen and oxygen atoms in total. The highest BCUT2D eigenvalue weighted by Crippen LogP contribution is 2.11. The van der Waals surface area contributed by atoms with Crippen LogP contribution in [0.25, 0.3) is 0 Å². The predicted octanol–water partition coefficient (Wildman–Crippen LogP) is 1.80. The number of carbonyl (C=O) groups excluding carboxylic acids is 1. The highest BCUT2D eigenvalue weighted by molar-refractivity contribution is 5.93. The molecule has 0 aliphatic carbocycles. The van der Waals surface area contributed by atoms with Gasteiger partial charge in [-0.25, -0.2) is 0 Å². The first-order valence-electron chi connectivity index (χ1n) is 6.73. The molecule has 2 rings (SSSR count). The maximum atomic E-state index is 11.9. The standard InChI is InChI=1S/C16H18N2O3/c1-11-4-3-5-13(8-11)21-7-6-17-16(20)14-10-18-12(2)9-15(14)19/h3-5,8-10H,6-7H2,1-2H3,(H,17,20)(H,18,19). The van der Waals surface area contributed by atoms with E-state index in [2.05, 4.69) is 10.3 Å². The number of benzene rings is 1. The number of carbonyl (C=O) groups is 1. The number of hydrogen-bond acceptors (Lipinski definition) is 3. The molecule has 1 aromatic carbocycles. The highest BCUT2D eigenvalue weighted by atomic mass is 16.5. The van der Waals surface area contributed by atoms with E-state index in [1.165, 1.54) is 12.3 Å². The number of hydrogen-bond donors (Lipinski definition) is 2. The van der Waals surface area contributed by atoms with Crippen molar-refractivity contribution in [3.8, 4) is 5.75 Å². The molecule has 0 aliphatic heterocycles. The average Bonchev–Trinajstić information content (AvgIpc) is 2.43. The van der Waals surface area contributed by atoms with Crippen molar-refractivity contribution in [1.82, 2.24) is 10.3 Å². The van der Waals surface area contributed by atoms with E-state index in [1.54, 1.807) is 6.92 Å². The Hall–Kier alpha value is -2.56. The Morgan fingerprint density at radius 3 is 2.81 bits per heavy atom. The minimum absolute atomic E-state index is 0.108. The second kappa shape index (κ2) is 6.74. The van der Waals surface area contributed by atoms with Crippen LogP contribution in [0.3, 0.4) is 0 Å². The van der Waals surface area contributed by atoms with E-state index in [4.69, 9.17) is 4.74 Å². The molecule has 0 fully saturated rings. The molecule has 110 valence electrons. The number of H-pyrrole nitrogens is 1. The Bertz CT molecular complexity index is 692. The topological polar surface area (TPSA) is 71.2 Å². The lowest BCUT2D eigenvalue weighted by Gasteiger charge is -2.08. The number of ether oxygens (including phenoxy) is 1. The van der Waals surface area contributed by atoms with Crippen molar-refractivity contribution in [3.63, 3.8) is 0 Å². The monoisotopic (exact) mass is 286 g/mol. The van der Waals surface area contributed by atoms with E-state index in [1.807, 2.05) is 31.2 Å². The molecule has 0 saturated carbocycles. The number of aryl methyl sites for hydroxylation is 2. The van der Waals surface area contributed by atoms with Gasteiger partial charge in [0.2, 0.25) is 0 Å². The van der Waals surface area contributed by atoms with Crippen LogP contribution < -0.4 is 15.5 Å². The van der Waals surface area contributed by atoms with Gasteiger partial charge in [0.1, 0.15) is 17.9 Å². The highest BCUT2D eigenvalue weighted by Gasteiger charge is 2.09. The maximum absolute atomic E-state index is 11.9. The van der Waals surface area contributed by atoms with Crippen molar-refractivity contribution in [3.05, 3.63) is 63.6 Å². The SMILES string of the molecule is Cc1cccc(OCCNC(=O)c2c[nH]c(C)cc2=O)c1. The molecule has 0 radical (unpaired) electrons. The van der Waals surface area contributed by atoms with Crippen LogP contribution in [0, 0.1) is 13.8 Å². The number of aromatic nitrogens is 1. The number of pyridine rings is 1. The van der Waals surface area contributed by atoms with Crippen LogP contribution in [0.2, 0.25) is 0 Å². The van der Waals surface area contributed by atoms with Crippen LogP contribution in [0.15, 0.2) is 41.3 Å². The summed E-state index contributed by atoms with van der Waals surface area (Å²) in [6.45, 7) is 4.43. The summed E-state index contributed by atoms with van der Waals surface area (Å²) in [5.74, 6) is 0.363. The Kier molecular flexibility index (Phi) is 4.77. The zero-order valence-corrected chi connectivity index (χ0v) is 12.1. The van der Waals surface area contributed by atoms with Crippen molar-refractivity contribution < 1.29 is 9.53 Å². The van der Waals surface area contributed by atoms with Gasteiger partial charge in [0.05, 0.1) is 6.54 Å². The first-order chi connectivity index (χ1) is 10.1. The molecular weight excluding hydrogens is 268 g/mol. The van der Waals surface area contributed by atoms with Crippen LogP contribution >= 0.6 is 0 Å². The van der Waals surface area contributed by atoms with E-state index < -0.39 is 5.91 Å². The van der Waals surface area contributed by atoms with Gasteiger partial charge in [-0.2, -0.15) is 0 Å².